The zero-order chi connectivity index (χ0) is 18.2. The molecule has 1 aliphatic rings. The quantitative estimate of drug-likeness (QED) is 0.844. The van der Waals surface area contributed by atoms with E-state index >= 15 is 0 Å². The fourth-order valence-corrected chi connectivity index (χ4v) is 3.01. The highest BCUT2D eigenvalue weighted by molar-refractivity contribution is 5.89. The molecule has 0 amide bonds. The molecule has 0 unspecified atom stereocenters. The number of nitrogens with zero attached hydrogens (tertiary/aromatic N) is 2. The fraction of sp³-hybridized carbons (Fsp3) is 0.450. The number of aromatic nitrogens is 2. The fourth-order valence-electron chi connectivity index (χ4n) is 3.01. The number of anilines is 1. The van der Waals surface area contributed by atoms with E-state index in [-0.39, 0.29) is 0 Å². The standard InChI is InChI=1S/C11H14.C9H13N3O2/c1-9-7-11(8-9)10-5-3-2-4-6-10;1-4-14-9(13)7-6(2)8(10-3)12-5-11-7/h2-6,9,11H,7-8H2,1H3;5H,4H2,1-3H3,(H,10,11,12). The first-order valence-electron chi connectivity index (χ1n) is 8.78. The molecule has 1 heterocycles. The molecule has 1 aromatic heterocycles. The lowest BCUT2D eigenvalue weighted by atomic mass is 9.72. The summed E-state index contributed by atoms with van der Waals surface area (Å²) < 4.78 is 4.85. The minimum absolute atomic E-state index is 0.311. The summed E-state index contributed by atoms with van der Waals surface area (Å²) in [4.78, 5) is 19.2. The molecule has 5 nitrogen and oxygen atoms in total. The normalized spacial score (nSPS) is 18.4. The SMILES string of the molecule is CC1CC(c2ccccc2)C1.CCOC(=O)c1ncnc(NC)c1C. The van der Waals surface area contributed by atoms with Gasteiger partial charge in [-0.3, -0.25) is 0 Å². The molecule has 1 N–H and O–H groups in total. The van der Waals surface area contributed by atoms with Gasteiger partial charge >= 0.3 is 5.97 Å². The van der Waals surface area contributed by atoms with Crippen LogP contribution in [-0.4, -0.2) is 29.6 Å². The van der Waals surface area contributed by atoms with Crippen LogP contribution >= 0.6 is 0 Å². The van der Waals surface area contributed by atoms with Crippen molar-refractivity contribution < 1.29 is 9.53 Å². The van der Waals surface area contributed by atoms with Gasteiger partial charge in [0.1, 0.15) is 12.1 Å². The Morgan fingerprint density at radius 2 is 1.92 bits per heavy atom. The van der Waals surface area contributed by atoms with Gasteiger partial charge < -0.3 is 10.1 Å². The number of benzene rings is 1. The average Bonchev–Trinajstić information content (AvgIpc) is 2.61. The van der Waals surface area contributed by atoms with Gasteiger partial charge in [0.15, 0.2) is 5.69 Å². The monoisotopic (exact) mass is 341 g/mol. The van der Waals surface area contributed by atoms with Gasteiger partial charge in [0.25, 0.3) is 0 Å². The molecule has 0 aliphatic heterocycles. The second-order valence-electron chi connectivity index (χ2n) is 6.35. The number of esters is 1. The molecular weight excluding hydrogens is 314 g/mol. The Balaban J connectivity index is 0.000000185. The Bertz CT molecular complexity index is 683. The molecule has 3 rings (SSSR count). The van der Waals surface area contributed by atoms with Crippen molar-refractivity contribution in [2.24, 2.45) is 5.92 Å². The van der Waals surface area contributed by atoms with Crippen LogP contribution in [0.3, 0.4) is 0 Å². The van der Waals surface area contributed by atoms with Crippen molar-refractivity contribution in [3.8, 4) is 0 Å². The maximum atomic E-state index is 11.4. The molecule has 0 bridgehead atoms. The Labute approximate surface area is 149 Å². The van der Waals surface area contributed by atoms with Crippen molar-refractivity contribution in [1.29, 1.82) is 0 Å². The van der Waals surface area contributed by atoms with Crippen molar-refractivity contribution in [3.05, 3.63) is 53.5 Å². The number of hydrogen-bond acceptors (Lipinski definition) is 5. The largest absolute Gasteiger partial charge is 0.461 e. The third-order valence-corrected chi connectivity index (χ3v) is 4.43. The average molecular weight is 341 g/mol. The second-order valence-corrected chi connectivity index (χ2v) is 6.35. The predicted molar refractivity (Wildman–Crippen MR) is 99.9 cm³/mol. The van der Waals surface area contributed by atoms with Crippen molar-refractivity contribution in [1.82, 2.24) is 9.97 Å². The van der Waals surface area contributed by atoms with Crippen LogP contribution in [0, 0.1) is 12.8 Å². The molecule has 0 atom stereocenters. The van der Waals surface area contributed by atoms with Crippen LogP contribution in [0.1, 0.15) is 54.2 Å². The van der Waals surface area contributed by atoms with E-state index in [0.717, 1.165) is 11.8 Å². The molecule has 25 heavy (non-hydrogen) atoms. The van der Waals surface area contributed by atoms with Crippen LogP contribution in [0.15, 0.2) is 36.7 Å². The van der Waals surface area contributed by atoms with Crippen molar-refractivity contribution in [3.63, 3.8) is 0 Å². The predicted octanol–water partition coefficient (Wildman–Crippen LogP) is 4.20. The summed E-state index contributed by atoms with van der Waals surface area (Å²) >= 11 is 0. The Hall–Kier alpha value is -2.43. The summed E-state index contributed by atoms with van der Waals surface area (Å²) in [6.45, 7) is 6.21. The van der Waals surface area contributed by atoms with E-state index < -0.39 is 5.97 Å². The third kappa shape index (κ3) is 5.02. The van der Waals surface area contributed by atoms with Crippen molar-refractivity contribution in [2.45, 2.75) is 39.5 Å². The van der Waals surface area contributed by atoms with Gasteiger partial charge in [0, 0.05) is 12.6 Å². The zero-order valence-corrected chi connectivity index (χ0v) is 15.5. The first kappa shape index (κ1) is 18.9. The lowest BCUT2D eigenvalue weighted by Gasteiger charge is -2.32. The van der Waals surface area contributed by atoms with Gasteiger partial charge in [-0.2, -0.15) is 0 Å². The van der Waals surface area contributed by atoms with Gasteiger partial charge in [-0.15, -0.1) is 0 Å². The summed E-state index contributed by atoms with van der Waals surface area (Å²) in [5.74, 6) is 2.05. The number of ether oxygens (including phenoxy) is 1. The van der Waals surface area contributed by atoms with Gasteiger partial charge in [0.05, 0.1) is 6.61 Å². The summed E-state index contributed by atoms with van der Waals surface area (Å²) in [7, 11) is 1.74. The number of nitrogens with one attached hydrogen (secondary N) is 1. The molecule has 1 saturated carbocycles. The molecule has 0 spiro atoms. The van der Waals surface area contributed by atoms with E-state index in [1.54, 1.807) is 20.9 Å². The first-order valence-corrected chi connectivity index (χ1v) is 8.78. The Kier molecular flexibility index (Phi) is 6.92. The maximum Gasteiger partial charge on any atom is 0.357 e. The molecule has 1 aliphatic carbocycles. The summed E-state index contributed by atoms with van der Waals surface area (Å²) in [5.41, 5.74) is 2.55. The summed E-state index contributed by atoms with van der Waals surface area (Å²) in [5, 5.41) is 2.87. The van der Waals surface area contributed by atoms with E-state index in [9.17, 15) is 4.79 Å². The maximum absolute atomic E-state index is 11.4. The molecule has 1 aromatic carbocycles. The molecule has 0 saturated heterocycles. The van der Waals surface area contributed by atoms with Crippen LogP contribution in [0.5, 0.6) is 0 Å². The van der Waals surface area contributed by atoms with Crippen LogP contribution in [-0.2, 0) is 4.74 Å². The highest BCUT2D eigenvalue weighted by atomic mass is 16.5. The van der Waals surface area contributed by atoms with Gasteiger partial charge in [-0.05, 0) is 44.1 Å². The van der Waals surface area contributed by atoms with Crippen LogP contribution in [0.2, 0.25) is 0 Å². The number of carbonyl (C=O) groups is 1. The molecule has 1 fully saturated rings. The summed E-state index contributed by atoms with van der Waals surface area (Å²) in [6, 6.07) is 10.9. The number of hydrogen-bond donors (Lipinski definition) is 1. The minimum atomic E-state index is -0.413. The van der Waals surface area contributed by atoms with E-state index in [1.807, 2.05) is 0 Å². The molecule has 2 aromatic rings. The highest BCUT2D eigenvalue weighted by Gasteiger charge is 2.25. The number of carbonyl (C=O) groups excluding carboxylic acids is 1. The first-order chi connectivity index (χ1) is 12.1. The molecule has 5 heteroatoms. The van der Waals surface area contributed by atoms with E-state index in [2.05, 4.69) is 52.5 Å². The third-order valence-electron chi connectivity index (χ3n) is 4.43. The van der Waals surface area contributed by atoms with Crippen LogP contribution < -0.4 is 5.32 Å². The van der Waals surface area contributed by atoms with E-state index in [1.165, 1.54) is 24.7 Å². The number of rotatable bonds is 4. The lowest BCUT2D eigenvalue weighted by Crippen LogP contribution is -2.18. The van der Waals surface area contributed by atoms with Gasteiger partial charge in [-0.25, -0.2) is 14.8 Å². The Morgan fingerprint density at radius 1 is 1.24 bits per heavy atom. The zero-order valence-electron chi connectivity index (χ0n) is 15.5. The van der Waals surface area contributed by atoms with Gasteiger partial charge in [0.2, 0.25) is 0 Å². The van der Waals surface area contributed by atoms with Gasteiger partial charge in [-0.1, -0.05) is 37.3 Å². The lowest BCUT2D eigenvalue weighted by molar-refractivity contribution is 0.0518. The van der Waals surface area contributed by atoms with E-state index in [4.69, 9.17) is 4.74 Å². The van der Waals surface area contributed by atoms with Crippen molar-refractivity contribution >= 4 is 11.8 Å². The highest BCUT2D eigenvalue weighted by Crippen LogP contribution is 2.40. The summed E-state index contributed by atoms with van der Waals surface area (Å²) in [6.07, 6.45) is 4.12. The van der Waals surface area contributed by atoms with Crippen LogP contribution in [0.4, 0.5) is 5.82 Å². The van der Waals surface area contributed by atoms with E-state index in [0.29, 0.717) is 23.7 Å². The molecule has 134 valence electrons. The minimum Gasteiger partial charge on any atom is -0.461 e. The van der Waals surface area contributed by atoms with Crippen LogP contribution in [0.25, 0.3) is 0 Å². The second kappa shape index (κ2) is 9.16. The molecule has 0 radical (unpaired) electrons. The molecular formula is C20H27N3O2. The Morgan fingerprint density at radius 3 is 2.48 bits per heavy atom. The smallest absolute Gasteiger partial charge is 0.357 e. The van der Waals surface area contributed by atoms with Crippen molar-refractivity contribution in [2.75, 3.05) is 19.0 Å². The topological polar surface area (TPSA) is 64.1 Å².